The van der Waals surface area contributed by atoms with E-state index in [0.29, 0.717) is 22.1 Å². The predicted molar refractivity (Wildman–Crippen MR) is 85.4 cm³/mol. The number of hydrogen-bond acceptors (Lipinski definition) is 6. The zero-order valence-electron chi connectivity index (χ0n) is 12.5. The van der Waals surface area contributed by atoms with Gasteiger partial charge < -0.3 is 10.0 Å². The predicted octanol–water partition coefficient (Wildman–Crippen LogP) is 2.56. The fraction of sp³-hybridized carbons (Fsp3) is 0.538. The highest BCUT2D eigenvalue weighted by atomic mass is 32.2. The lowest BCUT2D eigenvalue weighted by molar-refractivity contribution is 0.438. The maximum Gasteiger partial charge on any atom is 0.293 e. The highest BCUT2D eigenvalue weighted by Crippen LogP contribution is 2.26. The number of unbranched alkanes of at least 4 members (excludes halogenated alkanes) is 2. The number of aromatic hydroxyl groups is 1. The average molecular weight is 308 g/mol. The Morgan fingerprint density at radius 3 is 2.81 bits per heavy atom. The van der Waals surface area contributed by atoms with Crippen molar-refractivity contribution in [2.45, 2.75) is 31.3 Å². The molecule has 0 aromatic carbocycles. The molecule has 2 N–H and O–H groups in total. The van der Waals surface area contributed by atoms with Crippen LogP contribution in [0.3, 0.4) is 0 Å². The Morgan fingerprint density at radius 1 is 1.29 bits per heavy atom. The molecular formula is C13H20N6OS. The van der Waals surface area contributed by atoms with Crippen molar-refractivity contribution in [3.05, 3.63) is 0 Å². The highest BCUT2D eigenvalue weighted by Gasteiger charge is 2.12. The van der Waals surface area contributed by atoms with Crippen LogP contribution in [0.25, 0.3) is 11.2 Å². The first kappa shape index (κ1) is 15.6. The minimum Gasteiger partial charge on any atom is -0.480 e. The second-order valence-corrected chi connectivity index (χ2v) is 5.91. The fourth-order valence-corrected chi connectivity index (χ4v) is 2.53. The third-order valence-electron chi connectivity index (χ3n) is 2.68. The van der Waals surface area contributed by atoms with Crippen molar-refractivity contribution in [2.24, 2.45) is 4.99 Å². The molecule has 0 amide bonds. The zero-order valence-corrected chi connectivity index (χ0v) is 13.3. The fourth-order valence-electron chi connectivity index (χ4n) is 1.69. The van der Waals surface area contributed by atoms with Crippen molar-refractivity contribution in [1.29, 1.82) is 0 Å². The lowest BCUT2D eigenvalue weighted by atomic mass is 10.3. The summed E-state index contributed by atoms with van der Waals surface area (Å²) in [5.41, 5.74) is 0.981. The van der Waals surface area contributed by atoms with E-state index in [2.05, 4.69) is 31.9 Å². The summed E-state index contributed by atoms with van der Waals surface area (Å²) in [6.07, 6.45) is 5.17. The number of thioether (sulfide) groups is 1. The van der Waals surface area contributed by atoms with Crippen molar-refractivity contribution in [3.63, 3.8) is 0 Å². The van der Waals surface area contributed by atoms with E-state index < -0.39 is 0 Å². The molecule has 7 nitrogen and oxygen atoms in total. The quantitative estimate of drug-likeness (QED) is 0.269. The van der Waals surface area contributed by atoms with Gasteiger partial charge in [0.2, 0.25) is 0 Å². The number of rotatable bonds is 7. The van der Waals surface area contributed by atoms with Gasteiger partial charge in [0.1, 0.15) is 0 Å². The Hall–Kier alpha value is -1.83. The number of aliphatic imine (C=N–C) groups is 1. The first-order valence-electron chi connectivity index (χ1n) is 6.90. The first-order chi connectivity index (χ1) is 10.1. The van der Waals surface area contributed by atoms with Crippen LogP contribution in [0.1, 0.15) is 26.2 Å². The number of aromatic nitrogens is 4. The number of hydrogen-bond donors (Lipinski definition) is 2. The van der Waals surface area contributed by atoms with Gasteiger partial charge in [0.15, 0.2) is 22.1 Å². The molecule has 0 saturated heterocycles. The maximum absolute atomic E-state index is 9.49. The van der Waals surface area contributed by atoms with E-state index in [1.165, 1.54) is 12.8 Å². The largest absolute Gasteiger partial charge is 0.480 e. The van der Waals surface area contributed by atoms with Gasteiger partial charge >= 0.3 is 0 Å². The van der Waals surface area contributed by atoms with E-state index >= 15 is 0 Å². The van der Waals surface area contributed by atoms with Gasteiger partial charge in [-0.3, -0.25) is 4.98 Å². The molecule has 0 aliphatic rings. The maximum atomic E-state index is 9.49. The van der Waals surface area contributed by atoms with Gasteiger partial charge in [0.05, 0.1) is 6.34 Å². The third-order valence-corrected chi connectivity index (χ3v) is 3.62. The van der Waals surface area contributed by atoms with Crippen LogP contribution in [0.15, 0.2) is 10.1 Å². The SMILES string of the molecule is CCCCCSc1nc(/N=C/N(C)C)c2nc(O)[nH]c2n1. The van der Waals surface area contributed by atoms with E-state index in [9.17, 15) is 5.11 Å². The molecular weight excluding hydrogens is 288 g/mol. The molecule has 0 fully saturated rings. The Labute approximate surface area is 127 Å². The molecule has 0 spiro atoms. The number of nitrogens with zero attached hydrogens (tertiary/aromatic N) is 5. The molecule has 0 aliphatic heterocycles. The average Bonchev–Trinajstić information content (AvgIpc) is 2.81. The molecule has 2 rings (SSSR count). The molecule has 0 saturated carbocycles. The van der Waals surface area contributed by atoms with Crippen LogP contribution in [0, 0.1) is 0 Å². The Kier molecular flexibility index (Phi) is 5.38. The summed E-state index contributed by atoms with van der Waals surface area (Å²) in [4.78, 5) is 21.6. The van der Waals surface area contributed by atoms with Crippen molar-refractivity contribution >= 4 is 35.1 Å². The molecule has 0 unspecified atom stereocenters. The lowest BCUT2D eigenvalue weighted by Crippen LogP contribution is -2.07. The van der Waals surface area contributed by atoms with Gasteiger partial charge in [-0.25, -0.2) is 15.0 Å². The minimum absolute atomic E-state index is 0.172. The number of imidazole rings is 1. The molecule has 21 heavy (non-hydrogen) atoms. The van der Waals surface area contributed by atoms with Gasteiger partial charge in [-0.1, -0.05) is 31.5 Å². The van der Waals surface area contributed by atoms with Crippen LogP contribution in [0.4, 0.5) is 5.82 Å². The summed E-state index contributed by atoms with van der Waals surface area (Å²) in [5.74, 6) is 1.43. The molecule has 2 heterocycles. The van der Waals surface area contributed by atoms with Crippen molar-refractivity contribution in [3.8, 4) is 6.01 Å². The van der Waals surface area contributed by atoms with E-state index in [1.54, 1.807) is 18.1 Å². The van der Waals surface area contributed by atoms with Gasteiger partial charge in [-0.2, -0.15) is 4.98 Å². The highest BCUT2D eigenvalue weighted by molar-refractivity contribution is 7.99. The molecule has 2 aromatic rings. The number of nitrogens with one attached hydrogen (secondary N) is 1. The van der Waals surface area contributed by atoms with Crippen LogP contribution >= 0.6 is 11.8 Å². The smallest absolute Gasteiger partial charge is 0.293 e. The van der Waals surface area contributed by atoms with Gasteiger partial charge in [-0.15, -0.1) is 0 Å². The topological polar surface area (TPSA) is 90.3 Å². The molecule has 0 aliphatic carbocycles. The monoisotopic (exact) mass is 308 g/mol. The van der Waals surface area contributed by atoms with Gasteiger partial charge in [-0.05, 0) is 6.42 Å². The van der Waals surface area contributed by atoms with E-state index in [-0.39, 0.29) is 6.01 Å². The second kappa shape index (κ2) is 7.26. The summed E-state index contributed by atoms with van der Waals surface area (Å²) in [6, 6.07) is -0.172. The summed E-state index contributed by atoms with van der Waals surface area (Å²) in [7, 11) is 3.76. The van der Waals surface area contributed by atoms with Crippen molar-refractivity contribution in [2.75, 3.05) is 19.8 Å². The Bertz CT molecular complexity index is 624. The zero-order chi connectivity index (χ0) is 15.2. The number of H-pyrrole nitrogens is 1. The summed E-state index contributed by atoms with van der Waals surface area (Å²) in [6.45, 7) is 2.18. The molecule has 114 valence electrons. The van der Waals surface area contributed by atoms with E-state index in [1.807, 2.05) is 19.0 Å². The van der Waals surface area contributed by atoms with Gasteiger partial charge in [0, 0.05) is 19.8 Å². The lowest BCUT2D eigenvalue weighted by Gasteiger charge is -2.04. The van der Waals surface area contributed by atoms with E-state index in [0.717, 1.165) is 12.2 Å². The second-order valence-electron chi connectivity index (χ2n) is 4.85. The van der Waals surface area contributed by atoms with Crippen LogP contribution < -0.4 is 0 Å². The van der Waals surface area contributed by atoms with Crippen LogP contribution in [-0.4, -0.2) is 56.1 Å². The van der Waals surface area contributed by atoms with Gasteiger partial charge in [0.25, 0.3) is 6.01 Å². The number of aromatic amines is 1. The molecule has 2 aromatic heterocycles. The van der Waals surface area contributed by atoms with Crippen LogP contribution in [-0.2, 0) is 0 Å². The standard InChI is InChI=1S/C13H20N6OS/c1-4-5-6-7-21-13-17-10(14-8-19(2)3)9-11(18-13)16-12(20)15-9/h8H,4-7H2,1-3H3,(H2,15,16,17,18,20)/b14-8+. The van der Waals surface area contributed by atoms with E-state index in [4.69, 9.17) is 0 Å². The minimum atomic E-state index is -0.172. The Balaban J connectivity index is 2.26. The summed E-state index contributed by atoms with van der Waals surface area (Å²) < 4.78 is 0. The number of fused-ring (bicyclic) bond motifs is 1. The first-order valence-corrected chi connectivity index (χ1v) is 7.89. The summed E-state index contributed by atoms with van der Waals surface area (Å²) in [5, 5.41) is 10.1. The summed E-state index contributed by atoms with van der Waals surface area (Å²) >= 11 is 1.59. The molecule has 0 atom stereocenters. The van der Waals surface area contributed by atoms with Crippen LogP contribution in [0.5, 0.6) is 6.01 Å². The van der Waals surface area contributed by atoms with Crippen LogP contribution in [0.2, 0.25) is 0 Å². The third kappa shape index (κ3) is 4.32. The van der Waals surface area contributed by atoms with Crippen molar-refractivity contribution in [1.82, 2.24) is 24.8 Å². The Morgan fingerprint density at radius 2 is 2.10 bits per heavy atom. The van der Waals surface area contributed by atoms with Crippen molar-refractivity contribution < 1.29 is 5.11 Å². The molecule has 8 heteroatoms. The normalized spacial score (nSPS) is 11.6. The molecule has 0 bridgehead atoms. The molecule has 0 radical (unpaired) electrons.